The van der Waals surface area contributed by atoms with Gasteiger partial charge in [-0.3, -0.25) is 14.2 Å². The number of alkyl halides is 3. The summed E-state index contributed by atoms with van der Waals surface area (Å²) in [4.78, 5) is 25.6. The molecule has 0 aliphatic rings. The molecule has 0 saturated carbocycles. The molecule has 2 amide bonds. The van der Waals surface area contributed by atoms with Gasteiger partial charge in [-0.1, -0.05) is 30.0 Å². The average Bonchev–Trinajstić information content (AvgIpc) is 3.38. The van der Waals surface area contributed by atoms with Crippen LogP contribution in [-0.4, -0.2) is 46.6 Å². The first kappa shape index (κ1) is 30.4. The fourth-order valence-electron chi connectivity index (χ4n) is 4.01. The van der Waals surface area contributed by atoms with Crippen molar-refractivity contribution in [3.05, 3.63) is 88.7 Å². The lowest BCUT2D eigenvalue weighted by molar-refractivity contribution is -0.137. The number of thioether (sulfide) groups is 1. The second-order valence-electron chi connectivity index (χ2n) is 9.19. The fraction of sp³-hybridized carbons (Fsp3) is 0.241. The van der Waals surface area contributed by atoms with Crippen LogP contribution in [0.5, 0.6) is 11.5 Å². The van der Waals surface area contributed by atoms with E-state index in [9.17, 15) is 22.8 Å². The van der Waals surface area contributed by atoms with E-state index in [1.54, 1.807) is 12.1 Å². The van der Waals surface area contributed by atoms with Gasteiger partial charge in [0.15, 0.2) is 22.5 Å². The number of aromatic nitrogens is 3. The number of hydrogen-bond donors (Lipinski definition) is 2. The van der Waals surface area contributed by atoms with Crippen LogP contribution in [-0.2, 0) is 17.5 Å². The van der Waals surface area contributed by atoms with Crippen molar-refractivity contribution in [2.45, 2.75) is 31.7 Å². The van der Waals surface area contributed by atoms with Crippen molar-refractivity contribution in [2.24, 2.45) is 0 Å². The van der Waals surface area contributed by atoms with E-state index >= 15 is 0 Å². The minimum atomic E-state index is -4.58. The second-order valence-corrected chi connectivity index (χ2v) is 10.1. The molecule has 0 aliphatic heterocycles. The van der Waals surface area contributed by atoms with Crippen LogP contribution in [0.25, 0.3) is 5.69 Å². The smallest absolute Gasteiger partial charge is 0.416 e. The molecule has 0 saturated heterocycles. The number of aryl methyl sites for hydroxylation is 2. The van der Waals surface area contributed by atoms with Gasteiger partial charge in [-0.2, -0.15) is 13.2 Å². The lowest BCUT2D eigenvalue weighted by Crippen LogP contribution is -2.25. The highest BCUT2D eigenvalue weighted by molar-refractivity contribution is 7.99. The summed E-state index contributed by atoms with van der Waals surface area (Å²) in [5, 5.41) is 14.0. The summed E-state index contributed by atoms with van der Waals surface area (Å²) in [6.07, 6.45) is -4.58. The Hall–Kier alpha value is -4.52. The quantitative estimate of drug-likeness (QED) is 0.229. The van der Waals surface area contributed by atoms with E-state index in [0.717, 1.165) is 35.0 Å². The van der Waals surface area contributed by atoms with E-state index in [4.69, 9.17) is 9.47 Å². The Kier molecular flexibility index (Phi) is 9.41. The first-order chi connectivity index (χ1) is 20.0. The number of benzene rings is 3. The van der Waals surface area contributed by atoms with E-state index in [1.807, 2.05) is 32.0 Å². The first-order valence-corrected chi connectivity index (χ1v) is 13.6. The summed E-state index contributed by atoms with van der Waals surface area (Å²) in [5.41, 5.74) is 2.07. The molecule has 1 heterocycles. The topological polar surface area (TPSA) is 107 Å². The Morgan fingerprint density at radius 3 is 2.43 bits per heavy atom. The molecule has 2 N–H and O–H groups in total. The number of ether oxygens (including phenoxy) is 2. The van der Waals surface area contributed by atoms with Crippen molar-refractivity contribution in [1.29, 1.82) is 0 Å². The van der Waals surface area contributed by atoms with Crippen LogP contribution in [0.2, 0.25) is 0 Å². The van der Waals surface area contributed by atoms with Gasteiger partial charge in [0.25, 0.3) is 5.91 Å². The summed E-state index contributed by atoms with van der Waals surface area (Å²) in [5.74, 6) is 0.0900. The molecule has 0 unspecified atom stereocenters. The number of rotatable bonds is 10. The Balaban J connectivity index is 1.58. The van der Waals surface area contributed by atoms with Crippen LogP contribution in [0.3, 0.4) is 0 Å². The van der Waals surface area contributed by atoms with Gasteiger partial charge in [-0.05, 0) is 67.4 Å². The molecule has 0 aliphatic carbocycles. The second kappa shape index (κ2) is 13.0. The number of hydrogen-bond acceptors (Lipinski definition) is 7. The van der Waals surface area contributed by atoms with Crippen LogP contribution in [0.15, 0.2) is 65.8 Å². The Morgan fingerprint density at radius 1 is 0.952 bits per heavy atom. The number of amides is 2. The highest BCUT2D eigenvalue weighted by Gasteiger charge is 2.31. The zero-order chi connectivity index (χ0) is 30.4. The normalized spacial score (nSPS) is 11.2. The molecule has 0 atom stereocenters. The molecule has 42 heavy (non-hydrogen) atoms. The molecule has 0 spiro atoms. The highest BCUT2D eigenvalue weighted by Crippen LogP contribution is 2.32. The number of nitrogens with one attached hydrogen (secondary N) is 2. The third-order valence-corrected chi connectivity index (χ3v) is 7.11. The molecule has 4 aromatic rings. The summed E-state index contributed by atoms with van der Waals surface area (Å²) < 4.78 is 52.4. The van der Waals surface area contributed by atoms with Crippen molar-refractivity contribution in [3.8, 4) is 17.2 Å². The van der Waals surface area contributed by atoms with Crippen LogP contribution in [0.1, 0.15) is 32.9 Å². The number of nitrogens with zero attached hydrogens (tertiary/aromatic N) is 3. The van der Waals surface area contributed by atoms with Crippen molar-refractivity contribution in [3.63, 3.8) is 0 Å². The predicted octanol–water partition coefficient (Wildman–Crippen LogP) is 5.58. The zero-order valence-electron chi connectivity index (χ0n) is 23.2. The number of methoxy groups -OCH3 is 2. The summed E-state index contributed by atoms with van der Waals surface area (Å²) in [6.45, 7) is 3.62. The Labute approximate surface area is 244 Å². The largest absolute Gasteiger partial charge is 0.493 e. The van der Waals surface area contributed by atoms with Crippen molar-refractivity contribution in [1.82, 2.24) is 20.1 Å². The van der Waals surface area contributed by atoms with Gasteiger partial charge in [-0.25, -0.2) is 0 Å². The molecule has 0 bridgehead atoms. The van der Waals surface area contributed by atoms with E-state index in [0.29, 0.717) is 17.2 Å². The minimum Gasteiger partial charge on any atom is -0.493 e. The number of halogens is 3. The van der Waals surface area contributed by atoms with Gasteiger partial charge in [0.05, 0.1) is 37.8 Å². The molecule has 3 aromatic carbocycles. The Morgan fingerprint density at radius 2 is 1.71 bits per heavy atom. The van der Waals surface area contributed by atoms with Crippen LogP contribution < -0.4 is 20.1 Å². The number of anilines is 1. The standard InChI is InChI=1S/C29H28F3N5O4S/c1-17-8-9-18(2)22(12-17)34-26(38)16-42-28-36-35-25(37(28)21-7-5-6-20(14-21)29(30,31)32)15-33-27(39)19-10-11-23(40-3)24(13-19)41-4/h5-14H,15-16H2,1-4H3,(H,33,39)(H,34,38). The maximum absolute atomic E-state index is 13.5. The van der Waals surface area contributed by atoms with Crippen LogP contribution >= 0.6 is 11.8 Å². The lowest BCUT2D eigenvalue weighted by atomic mass is 10.1. The number of carbonyl (C=O) groups is 2. The van der Waals surface area contributed by atoms with Gasteiger partial charge in [0.2, 0.25) is 5.91 Å². The van der Waals surface area contributed by atoms with Crippen molar-refractivity contribution in [2.75, 3.05) is 25.3 Å². The maximum Gasteiger partial charge on any atom is 0.416 e. The van der Waals surface area contributed by atoms with Crippen molar-refractivity contribution < 1.29 is 32.2 Å². The summed E-state index contributed by atoms with van der Waals surface area (Å²) in [7, 11) is 2.92. The average molecular weight is 600 g/mol. The first-order valence-electron chi connectivity index (χ1n) is 12.6. The van der Waals surface area contributed by atoms with E-state index < -0.39 is 17.6 Å². The predicted molar refractivity (Wildman–Crippen MR) is 152 cm³/mol. The maximum atomic E-state index is 13.5. The van der Waals surface area contributed by atoms with Gasteiger partial charge >= 0.3 is 6.18 Å². The van der Waals surface area contributed by atoms with Crippen LogP contribution in [0, 0.1) is 13.8 Å². The van der Waals surface area contributed by atoms with Gasteiger partial charge in [-0.15, -0.1) is 10.2 Å². The molecule has 1 aromatic heterocycles. The summed E-state index contributed by atoms with van der Waals surface area (Å²) in [6, 6.07) is 15.0. The van der Waals surface area contributed by atoms with Gasteiger partial charge in [0.1, 0.15) is 0 Å². The third kappa shape index (κ3) is 7.21. The molecule has 0 radical (unpaired) electrons. The van der Waals surface area contributed by atoms with Crippen molar-refractivity contribution >= 4 is 29.3 Å². The SMILES string of the molecule is COc1ccc(C(=O)NCc2nnc(SCC(=O)Nc3cc(C)ccc3C)n2-c2cccc(C(F)(F)F)c2)cc1OC. The molecule has 4 rings (SSSR count). The molecule has 13 heteroatoms. The zero-order valence-corrected chi connectivity index (χ0v) is 24.0. The summed E-state index contributed by atoms with van der Waals surface area (Å²) >= 11 is 1.01. The number of carbonyl (C=O) groups excluding carboxylic acids is 2. The highest BCUT2D eigenvalue weighted by atomic mass is 32.2. The molecule has 220 valence electrons. The van der Waals surface area contributed by atoms with E-state index in [1.165, 1.54) is 37.0 Å². The lowest BCUT2D eigenvalue weighted by Gasteiger charge is -2.14. The minimum absolute atomic E-state index is 0.0809. The monoisotopic (exact) mass is 599 g/mol. The van der Waals surface area contributed by atoms with E-state index in [2.05, 4.69) is 20.8 Å². The molecule has 0 fully saturated rings. The third-order valence-electron chi connectivity index (χ3n) is 6.18. The molecule has 9 nitrogen and oxygen atoms in total. The Bertz CT molecular complexity index is 1610. The van der Waals surface area contributed by atoms with Crippen LogP contribution in [0.4, 0.5) is 18.9 Å². The fourth-order valence-corrected chi connectivity index (χ4v) is 4.79. The molecular formula is C29H28F3N5O4S. The van der Waals surface area contributed by atoms with Gasteiger partial charge in [0, 0.05) is 11.3 Å². The molecular weight excluding hydrogens is 571 g/mol. The van der Waals surface area contributed by atoms with Gasteiger partial charge < -0.3 is 20.1 Å². The van der Waals surface area contributed by atoms with E-state index in [-0.39, 0.29) is 40.4 Å².